The number of halogens is 3. The summed E-state index contributed by atoms with van der Waals surface area (Å²) in [4.78, 5) is 20.4. The molecule has 0 spiro atoms. The largest absolute Gasteiger partial charge is 0.431 e. The van der Waals surface area contributed by atoms with Crippen LogP contribution in [0.25, 0.3) is 0 Å². The smallest absolute Gasteiger partial charge is 0.357 e. The van der Waals surface area contributed by atoms with Crippen molar-refractivity contribution in [3.05, 3.63) is 39.6 Å². The molecule has 2 heterocycles. The Bertz CT molecular complexity index is 617. The number of amides is 1. The van der Waals surface area contributed by atoms with Crippen LogP contribution in [0.3, 0.4) is 0 Å². The van der Waals surface area contributed by atoms with Crippen molar-refractivity contribution in [2.24, 2.45) is 0 Å². The van der Waals surface area contributed by atoms with E-state index in [4.69, 9.17) is 0 Å². The molecule has 4 nitrogen and oxygen atoms in total. The average molecular weight is 303 g/mol. The summed E-state index contributed by atoms with van der Waals surface area (Å²) >= 11 is 1.45. The van der Waals surface area contributed by atoms with Gasteiger partial charge in [0.25, 0.3) is 5.91 Å². The van der Waals surface area contributed by atoms with Crippen LogP contribution in [0, 0.1) is 6.92 Å². The zero-order valence-corrected chi connectivity index (χ0v) is 11.6. The number of aromatic amines is 1. The molecule has 0 aliphatic rings. The zero-order valence-electron chi connectivity index (χ0n) is 10.8. The second-order valence-electron chi connectivity index (χ2n) is 4.31. The summed E-state index contributed by atoms with van der Waals surface area (Å²) < 4.78 is 37.4. The van der Waals surface area contributed by atoms with E-state index in [1.54, 1.807) is 6.20 Å². The SMILES string of the molecule is Cc1ncc(CN(C)C(=O)c2c[nH]c(C(F)(F)F)c2)s1. The van der Waals surface area contributed by atoms with Crippen LogP contribution in [0.1, 0.15) is 25.9 Å². The molecule has 2 rings (SSSR count). The minimum atomic E-state index is -4.48. The number of thiazole rings is 1. The van der Waals surface area contributed by atoms with E-state index in [1.165, 1.54) is 23.3 Å². The number of nitrogens with one attached hydrogen (secondary N) is 1. The number of aryl methyl sites for hydroxylation is 1. The highest BCUT2D eigenvalue weighted by atomic mass is 32.1. The summed E-state index contributed by atoms with van der Waals surface area (Å²) in [6, 6.07) is 0.816. The first-order valence-corrected chi connectivity index (χ1v) is 6.51. The molecule has 0 saturated heterocycles. The number of carbonyl (C=O) groups excluding carboxylic acids is 1. The van der Waals surface area contributed by atoms with Crippen LogP contribution in [0.5, 0.6) is 0 Å². The fourth-order valence-electron chi connectivity index (χ4n) is 1.69. The standard InChI is InChI=1S/C12H12F3N3OS/c1-7-16-5-9(20-7)6-18(2)11(19)8-3-10(17-4-8)12(13,14)15/h3-5,17H,6H2,1-2H3. The molecule has 1 amide bonds. The quantitative estimate of drug-likeness (QED) is 0.947. The third-order valence-electron chi connectivity index (χ3n) is 2.64. The average Bonchev–Trinajstić information content (AvgIpc) is 2.96. The predicted octanol–water partition coefficient (Wildman–Crippen LogP) is 3.07. The number of hydrogen-bond acceptors (Lipinski definition) is 3. The van der Waals surface area contributed by atoms with Crippen LogP contribution in [0.15, 0.2) is 18.5 Å². The van der Waals surface area contributed by atoms with Gasteiger partial charge in [0.05, 0.1) is 17.1 Å². The van der Waals surface area contributed by atoms with Crippen LogP contribution >= 0.6 is 11.3 Å². The Labute approximate surface area is 117 Å². The molecule has 0 aliphatic carbocycles. The minimum Gasteiger partial charge on any atom is -0.357 e. The first-order valence-electron chi connectivity index (χ1n) is 5.70. The van der Waals surface area contributed by atoms with Crippen molar-refractivity contribution < 1.29 is 18.0 Å². The molecule has 0 saturated carbocycles. The maximum Gasteiger partial charge on any atom is 0.431 e. The van der Waals surface area contributed by atoms with Crippen LogP contribution in [0.2, 0.25) is 0 Å². The Morgan fingerprint density at radius 3 is 2.70 bits per heavy atom. The Balaban J connectivity index is 2.09. The van der Waals surface area contributed by atoms with Gasteiger partial charge in [-0.2, -0.15) is 13.2 Å². The van der Waals surface area contributed by atoms with Gasteiger partial charge in [0, 0.05) is 24.3 Å². The number of H-pyrrole nitrogens is 1. The van der Waals surface area contributed by atoms with E-state index in [1.807, 2.05) is 6.92 Å². The van der Waals surface area contributed by atoms with E-state index in [-0.39, 0.29) is 5.56 Å². The minimum absolute atomic E-state index is 0.0129. The second kappa shape index (κ2) is 5.28. The molecule has 0 unspecified atom stereocenters. The Morgan fingerprint density at radius 2 is 2.20 bits per heavy atom. The molecule has 0 fully saturated rings. The monoisotopic (exact) mass is 303 g/mol. The van der Waals surface area contributed by atoms with Gasteiger partial charge in [0.1, 0.15) is 5.69 Å². The van der Waals surface area contributed by atoms with E-state index in [0.717, 1.165) is 22.1 Å². The third-order valence-corrected chi connectivity index (χ3v) is 3.54. The fraction of sp³-hybridized carbons (Fsp3) is 0.333. The van der Waals surface area contributed by atoms with Crippen LogP contribution in [0.4, 0.5) is 13.2 Å². The topological polar surface area (TPSA) is 49.0 Å². The van der Waals surface area contributed by atoms with Crippen molar-refractivity contribution in [3.8, 4) is 0 Å². The first kappa shape index (κ1) is 14.6. The molecular weight excluding hydrogens is 291 g/mol. The molecule has 2 aromatic rings. The molecule has 1 N–H and O–H groups in total. The maximum atomic E-state index is 12.5. The van der Waals surface area contributed by atoms with Gasteiger partial charge in [-0.3, -0.25) is 4.79 Å². The summed E-state index contributed by atoms with van der Waals surface area (Å²) in [5.41, 5.74) is -0.941. The number of rotatable bonds is 3. The highest BCUT2D eigenvalue weighted by molar-refractivity contribution is 7.11. The number of aromatic nitrogens is 2. The normalized spacial score (nSPS) is 11.7. The van der Waals surface area contributed by atoms with Crippen molar-refractivity contribution in [1.29, 1.82) is 0 Å². The molecule has 0 atom stereocenters. The molecule has 108 valence electrons. The lowest BCUT2D eigenvalue weighted by Crippen LogP contribution is -2.25. The summed E-state index contributed by atoms with van der Waals surface area (Å²) in [6.45, 7) is 2.16. The van der Waals surface area contributed by atoms with Gasteiger partial charge < -0.3 is 9.88 Å². The van der Waals surface area contributed by atoms with Gasteiger partial charge >= 0.3 is 6.18 Å². The lowest BCUT2D eigenvalue weighted by Gasteiger charge is -2.14. The van der Waals surface area contributed by atoms with E-state index >= 15 is 0 Å². The maximum absolute atomic E-state index is 12.5. The molecule has 0 radical (unpaired) electrons. The predicted molar refractivity (Wildman–Crippen MR) is 68.4 cm³/mol. The van der Waals surface area contributed by atoms with Gasteiger partial charge in [-0.05, 0) is 13.0 Å². The lowest BCUT2D eigenvalue weighted by molar-refractivity contribution is -0.140. The van der Waals surface area contributed by atoms with Gasteiger partial charge in [-0.15, -0.1) is 11.3 Å². The van der Waals surface area contributed by atoms with Gasteiger partial charge in [-0.1, -0.05) is 0 Å². The zero-order chi connectivity index (χ0) is 14.9. The first-order chi connectivity index (χ1) is 9.27. The van der Waals surface area contributed by atoms with Crippen LogP contribution < -0.4 is 0 Å². The summed E-state index contributed by atoms with van der Waals surface area (Å²) in [7, 11) is 1.54. The number of alkyl halides is 3. The highest BCUT2D eigenvalue weighted by Crippen LogP contribution is 2.28. The Kier molecular flexibility index (Phi) is 3.85. The van der Waals surface area contributed by atoms with Gasteiger partial charge in [0.2, 0.25) is 0 Å². The summed E-state index contributed by atoms with van der Waals surface area (Å²) in [5.74, 6) is -0.470. The van der Waals surface area contributed by atoms with E-state index in [0.29, 0.717) is 6.54 Å². The molecular formula is C12H12F3N3OS. The van der Waals surface area contributed by atoms with E-state index in [9.17, 15) is 18.0 Å². The highest BCUT2D eigenvalue weighted by Gasteiger charge is 2.33. The molecule has 20 heavy (non-hydrogen) atoms. The van der Waals surface area contributed by atoms with Gasteiger partial charge in [0.15, 0.2) is 0 Å². The molecule has 8 heteroatoms. The molecule has 2 aromatic heterocycles. The fourth-order valence-corrected chi connectivity index (χ4v) is 2.53. The van der Waals surface area contributed by atoms with Gasteiger partial charge in [-0.25, -0.2) is 4.98 Å². The van der Waals surface area contributed by atoms with Crippen molar-refractivity contribution in [1.82, 2.24) is 14.9 Å². The second-order valence-corrected chi connectivity index (χ2v) is 5.63. The van der Waals surface area contributed by atoms with Crippen molar-refractivity contribution in [2.75, 3.05) is 7.05 Å². The number of nitrogens with zero attached hydrogens (tertiary/aromatic N) is 2. The molecule has 0 aromatic carbocycles. The van der Waals surface area contributed by atoms with Crippen LogP contribution in [-0.2, 0) is 12.7 Å². The van der Waals surface area contributed by atoms with E-state index in [2.05, 4.69) is 9.97 Å². The number of carbonyl (C=O) groups is 1. The summed E-state index contributed by atoms with van der Waals surface area (Å²) in [5, 5.41) is 0.877. The third kappa shape index (κ3) is 3.19. The molecule has 0 bridgehead atoms. The van der Waals surface area contributed by atoms with Crippen molar-refractivity contribution in [2.45, 2.75) is 19.6 Å². The lowest BCUT2D eigenvalue weighted by atomic mass is 10.2. The Morgan fingerprint density at radius 1 is 1.50 bits per heavy atom. The van der Waals surface area contributed by atoms with E-state index < -0.39 is 17.8 Å². The summed E-state index contributed by atoms with van der Waals surface area (Å²) in [6.07, 6.45) is -1.76. The molecule has 0 aliphatic heterocycles. The van der Waals surface area contributed by atoms with Crippen LogP contribution in [-0.4, -0.2) is 27.8 Å². The Hall–Kier alpha value is -1.83. The number of hydrogen-bond donors (Lipinski definition) is 1. The van der Waals surface area contributed by atoms with Crippen molar-refractivity contribution >= 4 is 17.2 Å². The van der Waals surface area contributed by atoms with Crippen molar-refractivity contribution in [3.63, 3.8) is 0 Å².